The molecule has 4 rings (SSSR count). The summed E-state index contributed by atoms with van der Waals surface area (Å²) in [5.41, 5.74) is 1.89. The number of esters is 1. The molecule has 11 nitrogen and oxygen atoms in total. The Labute approximate surface area is 239 Å². The molecule has 3 aromatic rings. The fourth-order valence-electron chi connectivity index (χ4n) is 4.03. The third-order valence-corrected chi connectivity index (χ3v) is 6.76. The number of non-ortho nitro benzene ring substituents is 1. The summed E-state index contributed by atoms with van der Waals surface area (Å²) < 4.78 is 21.9. The molecular weight excluding hydrogens is 552 g/mol. The van der Waals surface area contributed by atoms with E-state index < -0.39 is 22.0 Å². The zero-order chi connectivity index (χ0) is 29.5. The number of rotatable bonds is 12. The molecule has 1 aliphatic heterocycles. The van der Waals surface area contributed by atoms with Gasteiger partial charge in [-0.15, -0.1) is 6.58 Å². The quantitative estimate of drug-likeness (QED) is 0.0837. The highest BCUT2D eigenvalue weighted by molar-refractivity contribution is 8.18. The fraction of sp³-hybridized carbons (Fsp3) is 0.207. The molecule has 0 bridgehead atoms. The van der Waals surface area contributed by atoms with Gasteiger partial charge in [-0.2, -0.15) is 0 Å². The van der Waals surface area contributed by atoms with Crippen LogP contribution in [0.15, 0.2) is 70.5 Å². The van der Waals surface area contributed by atoms with Crippen LogP contribution in [0.25, 0.3) is 6.08 Å². The number of amides is 2. The minimum Gasteiger partial charge on any atom is -0.490 e. The van der Waals surface area contributed by atoms with Gasteiger partial charge in [-0.3, -0.25) is 24.6 Å². The van der Waals surface area contributed by atoms with Crippen LogP contribution >= 0.6 is 11.8 Å². The number of allylic oxidation sites excluding steroid dienone is 1. The number of methoxy groups -OCH3 is 1. The van der Waals surface area contributed by atoms with Crippen molar-refractivity contribution in [3.8, 4) is 11.5 Å². The second-order valence-corrected chi connectivity index (χ2v) is 9.67. The number of thioether (sulfide) groups is 1. The lowest BCUT2D eigenvalue weighted by molar-refractivity contribution is -0.384. The molecule has 2 aromatic carbocycles. The van der Waals surface area contributed by atoms with Gasteiger partial charge in [0.2, 0.25) is 5.76 Å². The summed E-state index contributed by atoms with van der Waals surface area (Å²) >= 11 is 0.785. The van der Waals surface area contributed by atoms with Crippen molar-refractivity contribution < 1.29 is 37.9 Å². The van der Waals surface area contributed by atoms with Gasteiger partial charge < -0.3 is 18.6 Å². The van der Waals surface area contributed by atoms with Gasteiger partial charge in [0, 0.05) is 17.7 Å². The number of nitro benzene ring substituents is 1. The van der Waals surface area contributed by atoms with Crippen LogP contribution in [-0.4, -0.2) is 40.7 Å². The molecule has 212 valence electrons. The Morgan fingerprint density at radius 3 is 2.68 bits per heavy atom. The number of carbonyl (C=O) groups excluding carboxylic acids is 3. The van der Waals surface area contributed by atoms with Gasteiger partial charge in [0.05, 0.1) is 30.1 Å². The Bertz CT molecular complexity index is 1540. The Morgan fingerprint density at radius 2 is 1.98 bits per heavy atom. The molecule has 0 radical (unpaired) electrons. The van der Waals surface area contributed by atoms with Gasteiger partial charge in [0.15, 0.2) is 11.5 Å². The largest absolute Gasteiger partial charge is 0.490 e. The zero-order valence-corrected chi connectivity index (χ0v) is 23.1. The van der Waals surface area contributed by atoms with Crippen molar-refractivity contribution in [2.45, 2.75) is 26.5 Å². The number of benzene rings is 2. The van der Waals surface area contributed by atoms with Crippen molar-refractivity contribution >= 4 is 40.6 Å². The van der Waals surface area contributed by atoms with Crippen LogP contribution in [-0.2, 0) is 29.1 Å². The van der Waals surface area contributed by atoms with Crippen molar-refractivity contribution in [3.05, 3.63) is 104 Å². The van der Waals surface area contributed by atoms with E-state index in [1.54, 1.807) is 36.4 Å². The number of hydrogen-bond donors (Lipinski definition) is 0. The summed E-state index contributed by atoms with van der Waals surface area (Å²) in [6, 6.07) is 12.6. The number of carbonyl (C=O) groups is 3. The molecule has 0 spiro atoms. The Hall–Kier alpha value is -4.84. The summed E-state index contributed by atoms with van der Waals surface area (Å²) in [5, 5.41) is 10.7. The maximum absolute atomic E-state index is 13.1. The van der Waals surface area contributed by atoms with Gasteiger partial charge >= 0.3 is 5.97 Å². The molecule has 2 heterocycles. The molecule has 0 saturated carbocycles. The topological polar surface area (TPSA) is 138 Å². The first-order valence-corrected chi connectivity index (χ1v) is 13.2. The van der Waals surface area contributed by atoms with Gasteiger partial charge in [0.1, 0.15) is 12.4 Å². The second kappa shape index (κ2) is 13.0. The summed E-state index contributed by atoms with van der Waals surface area (Å²) in [6.45, 7) is 5.88. The van der Waals surface area contributed by atoms with E-state index in [0.717, 1.165) is 16.7 Å². The SMILES string of the molecule is C=CCc1cc(/C=C2/SC(=O)N(Cc3ccc(C(=O)OC)o3)C2=O)cc(OCC)c1OCc1cccc([N+](=O)[O-])c1. The van der Waals surface area contributed by atoms with E-state index >= 15 is 0 Å². The highest BCUT2D eigenvalue weighted by atomic mass is 32.2. The monoisotopic (exact) mass is 578 g/mol. The summed E-state index contributed by atoms with van der Waals surface area (Å²) in [4.78, 5) is 49.3. The number of nitrogens with zero attached hydrogens (tertiary/aromatic N) is 2. The molecule has 0 N–H and O–H groups in total. The molecule has 41 heavy (non-hydrogen) atoms. The molecule has 1 aliphatic rings. The van der Waals surface area contributed by atoms with Gasteiger partial charge in [-0.25, -0.2) is 4.79 Å². The molecule has 1 aromatic heterocycles. The van der Waals surface area contributed by atoms with Crippen LogP contribution in [0.1, 0.15) is 39.9 Å². The third kappa shape index (κ3) is 6.84. The van der Waals surface area contributed by atoms with Crippen molar-refractivity contribution in [1.82, 2.24) is 4.90 Å². The lowest BCUT2D eigenvalue weighted by atomic mass is 10.0. The second-order valence-electron chi connectivity index (χ2n) is 8.67. The summed E-state index contributed by atoms with van der Waals surface area (Å²) in [5.74, 6) is -0.0907. The van der Waals surface area contributed by atoms with Crippen LogP contribution in [0.3, 0.4) is 0 Å². The molecule has 0 unspecified atom stereocenters. The highest BCUT2D eigenvalue weighted by Gasteiger charge is 2.36. The number of furan rings is 1. The first-order valence-electron chi connectivity index (χ1n) is 12.4. The minimum atomic E-state index is -0.664. The molecule has 12 heteroatoms. The van der Waals surface area contributed by atoms with Crippen LogP contribution in [0.5, 0.6) is 11.5 Å². The molecule has 1 fully saturated rings. The van der Waals surface area contributed by atoms with Gasteiger partial charge in [-0.1, -0.05) is 18.2 Å². The van der Waals surface area contributed by atoms with Crippen molar-refractivity contribution in [3.63, 3.8) is 0 Å². The van der Waals surface area contributed by atoms with E-state index in [9.17, 15) is 24.5 Å². The lowest BCUT2D eigenvalue weighted by Crippen LogP contribution is -2.27. The average molecular weight is 579 g/mol. The maximum atomic E-state index is 13.1. The number of hydrogen-bond acceptors (Lipinski definition) is 10. The maximum Gasteiger partial charge on any atom is 0.373 e. The highest BCUT2D eigenvalue weighted by Crippen LogP contribution is 2.38. The Kier molecular flexibility index (Phi) is 9.25. The Morgan fingerprint density at radius 1 is 1.17 bits per heavy atom. The van der Waals surface area contributed by atoms with Crippen LogP contribution in [0, 0.1) is 10.1 Å². The first kappa shape index (κ1) is 29.2. The lowest BCUT2D eigenvalue weighted by Gasteiger charge is -2.17. The molecule has 0 atom stereocenters. The van der Waals surface area contributed by atoms with Gasteiger partial charge in [0.25, 0.3) is 16.8 Å². The van der Waals surface area contributed by atoms with Crippen molar-refractivity contribution in [1.29, 1.82) is 0 Å². The van der Waals surface area contributed by atoms with Gasteiger partial charge in [-0.05, 0) is 66.6 Å². The first-order chi connectivity index (χ1) is 19.7. The smallest absolute Gasteiger partial charge is 0.373 e. The Balaban J connectivity index is 1.59. The van der Waals surface area contributed by atoms with E-state index in [2.05, 4.69) is 11.3 Å². The predicted octanol–water partition coefficient (Wildman–Crippen LogP) is 5.92. The molecule has 1 saturated heterocycles. The van der Waals surface area contributed by atoms with E-state index in [4.69, 9.17) is 13.9 Å². The average Bonchev–Trinajstić information content (AvgIpc) is 3.53. The summed E-state index contributed by atoms with van der Waals surface area (Å²) in [7, 11) is 1.22. The molecule has 0 aliphatic carbocycles. The van der Waals surface area contributed by atoms with E-state index in [-0.39, 0.29) is 35.3 Å². The van der Waals surface area contributed by atoms with Crippen LogP contribution in [0.4, 0.5) is 10.5 Å². The van der Waals surface area contributed by atoms with Crippen molar-refractivity contribution in [2.24, 2.45) is 0 Å². The third-order valence-electron chi connectivity index (χ3n) is 5.86. The standard InChI is InChI=1S/C29H26N2O9S/c1-4-7-20-12-19(14-24(38-5-2)26(20)39-17-18-8-6-9-21(13-18)31(35)36)15-25-27(32)30(29(34)41-25)16-22-10-11-23(40-22)28(33)37-3/h4,6,8-15H,1,5,7,16-17H2,2-3H3/b25-15+. The van der Waals surface area contributed by atoms with E-state index in [1.165, 1.54) is 31.4 Å². The molecule has 2 amide bonds. The summed E-state index contributed by atoms with van der Waals surface area (Å²) in [6.07, 6.45) is 3.69. The van der Waals surface area contributed by atoms with Crippen LogP contribution < -0.4 is 9.47 Å². The fourth-order valence-corrected chi connectivity index (χ4v) is 4.87. The number of ether oxygens (including phenoxy) is 3. The zero-order valence-electron chi connectivity index (χ0n) is 22.3. The number of imide groups is 1. The molecular formula is C29H26N2O9S. The van der Waals surface area contributed by atoms with E-state index in [0.29, 0.717) is 41.2 Å². The normalized spacial score (nSPS) is 13.9. The van der Waals surface area contributed by atoms with E-state index in [1.807, 2.05) is 6.92 Å². The number of nitro groups is 1. The van der Waals surface area contributed by atoms with Crippen LogP contribution in [0.2, 0.25) is 0 Å². The minimum absolute atomic E-state index is 0.0315. The van der Waals surface area contributed by atoms with Crippen molar-refractivity contribution in [2.75, 3.05) is 13.7 Å². The predicted molar refractivity (Wildman–Crippen MR) is 151 cm³/mol.